The van der Waals surface area contributed by atoms with Crippen LogP contribution < -0.4 is 5.73 Å². The van der Waals surface area contributed by atoms with E-state index in [4.69, 9.17) is 5.73 Å². The van der Waals surface area contributed by atoms with Crippen LogP contribution >= 0.6 is 0 Å². The summed E-state index contributed by atoms with van der Waals surface area (Å²) in [5.41, 5.74) is 4.72. The molecule has 0 aromatic heterocycles. The summed E-state index contributed by atoms with van der Waals surface area (Å²) in [6.07, 6.45) is 0. The summed E-state index contributed by atoms with van der Waals surface area (Å²) in [7, 11) is 0. The van der Waals surface area contributed by atoms with Gasteiger partial charge in [-0.15, -0.1) is 0 Å². The van der Waals surface area contributed by atoms with Crippen molar-refractivity contribution >= 4 is 11.6 Å². The van der Waals surface area contributed by atoms with E-state index in [-0.39, 0.29) is 36.2 Å². The molecule has 2 rings (SSSR count). The second kappa shape index (κ2) is 4.24. The Morgan fingerprint density at radius 2 is 2.11 bits per heavy atom. The van der Waals surface area contributed by atoms with Crippen LogP contribution in [0.2, 0.25) is 0 Å². The molecular formula is C13H17FN2O2. The third kappa shape index (κ3) is 1.95. The molecule has 1 aromatic rings. The molecule has 98 valence electrons. The van der Waals surface area contributed by atoms with E-state index in [1.165, 1.54) is 23.1 Å². The number of carbonyl (C=O) groups is 1. The molecule has 0 saturated carbocycles. The number of likely N-dealkylation sites (tertiary alicyclic amines) is 1. The Morgan fingerprint density at radius 3 is 2.67 bits per heavy atom. The van der Waals surface area contributed by atoms with Crippen molar-refractivity contribution in [1.82, 2.24) is 4.90 Å². The number of nitrogen functional groups attached to an aromatic ring is 1. The van der Waals surface area contributed by atoms with Crippen LogP contribution in [0.4, 0.5) is 10.1 Å². The highest BCUT2D eigenvalue weighted by atomic mass is 19.1. The number of hydrogen-bond acceptors (Lipinski definition) is 3. The average Bonchev–Trinajstić information content (AvgIpc) is 2.27. The van der Waals surface area contributed by atoms with E-state index in [0.717, 1.165) is 0 Å². The summed E-state index contributed by atoms with van der Waals surface area (Å²) >= 11 is 0. The minimum atomic E-state index is -0.836. The highest BCUT2D eigenvalue weighted by Crippen LogP contribution is 2.30. The van der Waals surface area contributed by atoms with Crippen molar-refractivity contribution in [1.29, 1.82) is 0 Å². The maximum atomic E-state index is 13.3. The van der Waals surface area contributed by atoms with Gasteiger partial charge >= 0.3 is 0 Å². The SMILES string of the molecule is CC(C)C1(O)CN(C(=O)c2cccc(F)c2N)C1. The Labute approximate surface area is 105 Å². The molecule has 1 amide bonds. The number of para-hydroxylation sites is 1. The Balaban J connectivity index is 2.13. The van der Waals surface area contributed by atoms with Gasteiger partial charge in [-0.2, -0.15) is 0 Å². The number of rotatable bonds is 2. The van der Waals surface area contributed by atoms with Gasteiger partial charge in [0.2, 0.25) is 0 Å². The van der Waals surface area contributed by atoms with Gasteiger partial charge in [-0.25, -0.2) is 4.39 Å². The number of halogens is 1. The second-order valence-corrected chi connectivity index (χ2v) is 5.12. The first-order valence-electron chi connectivity index (χ1n) is 5.91. The average molecular weight is 252 g/mol. The maximum absolute atomic E-state index is 13.3. The molecular weight excluding hydrogens is 235 g/mol. The summed E-state index contributed by atoms with van der Waals surface area (Å²) < 4.78 is 13.3. The fourth-order valence-electron chi connectivity index (χ4n) is 2.02. The minimum Gasteiger partial charge on any atom is -0.396 e. The van der Waals surface area contributed by atoms with E-state index in [1.807, 2.05) is 13.8 Å². The van der Waals surface area contributed by atoms with E-state index < -0.39 is 11.4 Å². The van der Waals surface area contributed by atoms with Crippen molar-refractivity contribution in [3.05, 3.63) is 29.6 Å². The zero-order valence-electron chi connectivity index (χ0n) is 10.5. The van der Waals surface area contributed by atoms with Gasteiger partial charge in [0, 0.05) is 0 Å². The van der Waals surface area contributed by atoms with E-state index in [1.54, 1.807) is 0 Å². The molecule has 0 radical (unpaired) electrons. The largest absolute Gasteiger partial charge is 0.396 e. The smallest absolute Gasteiger partial charge is 0.256 e. The minimum absolute atomic E-state index is 0.0754. The number of anilines is 1. The molecule has 0 aliphatic carbocycles. The van der Waals surface area contributed by atoms with Crippen LogP contribution in [-0.2, 0) is 0 Å². The van der Waals surface area contributed by atoms with Crippen molar-refractivity contribution in [2.24, 2.45) is 5.92 Å². The number of nitrogens with zero attached hydrogens (tertiary/aromatic N) is 1. The molecule has 1 heterocycles. The van der Waals surface area contributed by atoms with Crippen molar-refractivity contribution in [2.45, 2.75) is 19.4 Å². The fraction of sp³-hybridized carbons (Fsp3) is 0.462. The summed E-state index contributed by atoms with van der Waals surface area (Å²) in [5, 5.41) is 10.1. The van der Waals surface area contributed by atoms with Crippen molar-refractivity contribution in [2.75, 3.05) is 18.8 Å². The van der Waals surface area contributed by atoms with Crippen LogP contribution in [0.5, 0.6) is 0 Å². The van der Waals surface area contributed by atoms with Crippen LogP contribution in [0.25, 0.3) is 0 Å². The van der Waals surface area contributed by atoms with Gasteiger partial charge in [0.25, 0.3) is 5.91 Å². The molecule has 1 saturated heterocycles. The predicted octanol–water partition coefficient (Wildman–Crippen LogP) is 1.25. The lowest BCUT2D eigenvalue weighted by molar-refractivity contribution is -0.110. The van der Waals surface area contributed by atoms with Gasteiger partial charge in [0.1, 0.15) is 11.4 Å². The van der Waals surface area contributed by atoms with Crippen molar-refractivity contribution in [3.8, 4) is 0 Å². The number of aliphatic hydroxyl groups is 1. The molecule has 18 heavy (non-hydrogen) atoms. The lowest BCUT2D eigenvalue weighted by Gasteiger charge is -2.49. The van der Waals surface area contributed by atoms with Gasteiger partial charge in [0.15, 0.2) is 0 Å². The van der Waals surface area contributed by atoms with Crippen LogP contribution in [-0.4, -0.2) is 34.6 Å². The Morgan fingerprint density at radius 1 is 1.50 bits per heavy atom. The van der Waals surface area contributed by atoms with Crippen LogP contribution in [0.15, 0.2) is 18.2 Å². The summed E-state index contributed by atoms with van der Waals surface area (Å²) in [4.78, 5) is 13.6. The maximum Gasteiger partial charge on any atom is 0.256 e. The van der Waals surface area contributed by atoms with E-state index >= 15 is 0 Å². The predicted molar refractivity (Wildman–Crippen MR) is 66.5 cm³/mol. The summed E-state index contributed by atoms with van der Waals surface area (Å²) in [6.45, 7) is 4.33. The van der Waals surface area contributed by atoms with Gasteiger partial charge in [0.05, 0.1) is 24.3 Å². The quantitative estimate of drug-likeness (QED) is 0.778. The summed E-state index contributed by atoms with van der Waals surface area (Å²) in [6, 6.07) is 4.16. The number of nitrogens with two attached hydrogens (primary N) is 1. The third-order valence-corrected chi connectivity index (χ3v) is 3.57. The first-order valence-corrected chi connectivity index (χ1v) is 5.91. The van der Waals surface area contributed by atoms with Crippen molar-refractivity contribution in [3.63, 3.8) is 0 Å². The third-order valence-electron chi connectivity index (χ3n) is 3.57. The topological polar surface area (TPSA) is 66.6 Å². The lowest BCUT2D eigenvalue weighted by atomic mass is 9.82. The molecule has 0 atom stereocenters. The molecule has 0 bridgehead atoms. The monoisotopic (exact) mass is 252 g/mol. The highest BCUT2D eigenvalue weighted by molar-refractivity contribution is 5.99. The highest BCUT2D eigenvalue weighted by Gasteiger charge is 2.46. The normalized spacial score (nSPS) is 17.7. The van der Waals surface area contributed by atoms with E-state index in [9.17, 15) is 14.3 Å². The van der Waals surface area contributed by atoms with E-state index in [0.29, 0.717) is 0 Å². The molecule has 3 N–H and O–H groups in total. The zero-order chi connectivity index (χ0) is 13.5. The second-order valence-electron chi connectivity index (χ2n) is 5.12. The fourth-order valence-corrected chi connectivity index (χ4v) is 2.02. The molecule has 1 aliphatic rings. The first-order chi connectivity index (χ1) is 8.35. The van der Waals surface area contributed by atoms with Gasteiger partial charge in [-0.3, -0.25) is 4.79 Å². The zero-order valence-corrected chi connectivity index (χ0v) is 10.5. The molecule has 1 aliphatic heterocycles. The van der Waals surface area contributed by atoms with Gasteiger partial charge in [-0.1, -0.05) is 19.9 Å². The number of carbonyl (C=O) groups excluding carboxylic acids is 1. The summed E-state index contributed by atoms with van der Waals surface area (Å²) in [5.74, 6) is -0.857. The van der Waals surface area contributed by atoms with Crippen LogP contribution in [0, 0.1) is 11.7 Å². The van der Waals surface area contributed by atoms with Gasteiger partial charge in [-0.05, 0) is 18.1 Å². The number of β-amino-alcohol motifs (C(OH)–C–C–N with tert-alkyl or cyclic N) is 1. The Kier molecular flexibility index (Phi) is 3.02. The number of hydrogen-bond donors (Lipinski definition) is 2. The van der Waals surface area contributed by atoms with Crippen LogP contribution in [0.3, 0.4) is 0 Å². The van der Waals surface area contributed by atoms with Crippen molar-refractivity contribution < 1.29 is 14.3 Å². The number of amides is 1. The van der Waals surface area contributed by atoms with E-state index in [2.05, 4.69) is 0 Å². The number of benzene rings is 1. The molecule has 5 heteroatoms. The van der Waals surface area contributed by atoms with Gasteiger partial charge < -0.3 is 15.7 Å². The Hall–Kier alpha value is -1.62. The first kappa shape index (κ1) is 12.8. The van der Waals surface area contributed by atoms with Crippen LogP contribution in [0.1, 0.15) is 24.2 Å². The molecule has 0 unspecified atom stereocenters. The molecule has 1 fully saturated rings. The molecule has 1 aromatic carbocycles. The molecule has 4 nitrogen and oxygen atoms in total. The lowest BCUT2D eigenvalue weighted by Crippen LogP contribution is -2.66. The standard InChI is InChI=1S/C13H17FN2O2/c1-8(2)13(18)6-16(7-13)12(17)9-4-3-5-10(14)11(9)15/h3-5,8,18H,6-7,15H2,1-2H3. The Bertz CT molecular complexity index is 482. The molecule has 0 spiro atoms.